The van der Waals surface area contributed by atoms with Gasteiger partial charge in [-0.1, -0.05) is 0 Å². The molecule has 0 rings (SSSR count). The molecule has 0 aliphatic rings. The van der Waals surface area contributed by atoms with Crippen molar-refractivity contribution in [1.82, 2.24) is 4.90 Å². The van der Waals surface area contributed by atoms with Crippen LogP contribution in [0, 0.1) is 0 Å². The van der Waals surface area contributed by atoms with Crippen LogP contribution in [-0.4, -0.2) is 37.0 Å². The summed E-state index contributed by atoms with van der Waals surface area (Å²) < 4.78 is 14.7. The van der Waals surface area contributed by atoms with Crippen molar-refractivity contribution in [2.45, 2.75) is 0 Å². The molecule has 0 heterocycles. The van der Waals surface area contributed by atoms with Crippen LogP contribution in [0.2, 0.25) is 0 Å². The summed E-state index contributed by atoms with van der Waals surface area (Å²) in [5.74, 6) is 0. The van der Waals surface area contributed by atoms with Gasteiger partial charge in [-0.15, -0.1) is 0 Å². The first-order chi connectivity index (χ1) is 4.42. The fourth-order valence-corrected chi connectivity index (χ4v) is 0.697. The van der Waals surface area contributed by atoms with Gasteiger partial charge in [-0.2, -0.15) is 0 Å². The van der Waals surface area contributed by atoms with E-state index in [1.807, 2.05) is 19.0 Å². The largest absolute Gasteiger partial charge is 0.400 e. The number of nitrogens with two attached hydrogens (primary N) is 1. The summed E-state index contributed by atoms with van der Waals surface area (Å²) in [6.07, 6.45) is 0. The van der Waals surface area contributed by atoms with Crippen molar-refractivity contribution in [3.05, 3.63) is 0 Å². The van der Waals surface area contributed by atoms with E-state index in [4.69, 9.17) is 10.4 Å². The fourth-order valence-electron chi connectivity index (χ4n) is 0.354. The van der Waals surface area contributed by atoms with Gasteiger partial charge in [0.15, 0.2) is 0 Å². The van der Waals surface area contributed by atoms with E-state index < -0.39 is 7.75 Å². The smallest absolute Gasteiger partial charge is 0.313 e. The first-order valence-electron chi connectivity index (χ1n) is 2.82. The molecular formula is C4H13N2O3P. The van der Waals surface area contributed by atoms with E-state index in [1.54, 1.807) is 0 Å². The Labute approximate surface area is 60.4 Å². The van der Waals surface area contributed by atoms with E-state index in [0.29, 0.717) is 6.54 Å². The minimum absolute atomic E-state index is 0.178. The molecule has 0 spiro atoms. The van der Waals surface area contributed by atoms with Gasteiger partial charge in [0.25, 0.3) is 0 Å². The normalized spacial score (nSPS) is 17.3. The molecule has 0 aromatic heterocycles. The number of likely N-dealkylation sites (N-methyl/N-ethyl adjacent to an activating group) is 1. The van der Waals surface area contributed by atoms with Gasteiger partial charge < -0.3 is 9.79 Å². The predicted octanol–water partition coefficient (Wildman–Crippen LogP) is -0.376. The number of rotatable bonds is 4. The summed E-state index contributed by atoms with van der Waals surface area (Å²) >= 11 is 0. The van der Waals surface area contributed by atoms with E-state index in [-0.39, 0.29) is 6.61 Å². The zero-order valence-corrected chi connectivity index (χ0v) is 7.04. The van der Waals surface area contributed by atoms with Crippen molar-refractivity contribution in [2.24, 2.45) is 5.50 Å². The monoisotopic (exact) mass is 168 g/mol. The van der Waals surface area contributed by atoms with Gasteiger partial charge in [0, 0.05) is 6.54 Å². The van der Waals surface area contributed by atoms with Gasteiger partial charge in [0.1, 0.15) is 0 Å². The van der Waals surface area contributed by atoms with Gasteiger partial charge in [0.2, 0.25) is 0 Å². The number of hydrogen-bond acceptors (Lipinski definition) is 3. The zero-order chi connectivity index (χ0) is 8.20. The molecule has 62 valence electrons. The Bertz CT molecular complexity index is 132. The lowest BCUT2D eigenvalue weighted by Gasteiger charge is -2.10. The summed E-state index contributed by atoms with van der Waals surface area (Å²) in [5, 5.41) is 0. The molecule has 6 heteroatoms. The van der Waals surface area contributed by atoms with Crippen molar-refractivity contribution < 1.29 is 14.0 Å². The maximum absolute atomic E-state index is 10.3. The van der Waals surface area contributed by atoms with Gasteiger partial charge in [-0.3, -0.25) is 4.52 Å². The third kappa shape index (κ3) is 8.07. The topological polar surface area (TPSA) is 75.8 Å². The molecule has 0 aromatic carbocycles. The molecule has 0 aliphatic heterocycles. The van der Waals surface area contributed by atoms with Crippen LogP contribution in [0.5, 0.6) is 0 Å². The molecule has 0 saturated heterocycles. The van der Waals surface area contributed by atoms with Crippen LogP contribution in [0.25, 0.3) is 0 Å². The Morgan fingerprint density at radius 1 is 1.70 bits per heavy atom. The highest BCUT2D eigenvalue weighted by Gasteiger charge is 2.09. The van der Waals surface area contributed by atoms with Crippen molar-refractivity contribution >= 4 is 7.75 Å². The Hall–Kier alpha value is 0.0700. The first-order valence-corrected chi connectivity index (χ1v) is 4.47. The summed E-state index contributed by atoms with van der Waals surface area (Å²) in [6, 6.07) is 0. The molecule has 1 unspecified atom stereocenters. The lowest BCUT2D eigenvalue weighted by Crippen LogP contribution is -2.18. The second kappa shape index (κ2) is 4.05. The van der Waals surface area contributed by atoms with Crippen molar-refractivity contribution in [3.8, 4) is 0 Å². The van der Waals surface area contributed by atoms with Crippen LogP contribution in [-0.2, 0) is 9.09 Å². The van der Waals surface area contributed by atoms with Gasteiger partial charge in [0.05, 0.1) is 6.61 Å². The lowest BCUT2D eigenvalue weighted by molar-refractivity contribution is 0.228. The molecular weight excluding hydrogens is 155 g/mol. The Morgan fingerprint density at radius 3 is 2.50 bits per heavy atom. The quantitative estimate of drug-likeness (QED) is 0.560. The number of hydrogen-bond donors (Lipinski definition) is 2. The van der Waals surface area contributed by atoms with E-state index in [1.165, 1.54) is 0 Å². The Kier molecular flexibility index (Phi) is 4.08. The summed E-state index contributed by atoms with van der Waals surface area (Å²) in [5.41, 5.74) is 4.69. The summed E-state index contributed by atoms with van der Waals surface area (Å²) in [6.45, 7) is 0.763. The second-order valence-corrected chi connectivity index (χ2v) is 3.59. The molecule has 0 aliphatic carbocycles. The average Bonchev–Trinajstić information content (AvgIpc) is 1.59. The predicted molar refractivity (Wildman–Crippen MR) is 38.5 cm³/mol. The maximum atomic E-state index is 10.3. The molecule has 0 saturated carbocycles. The Balaban J connectivity index is 3.30. The molecule has 0 bridgehead atoms. The third-order valence-electron chi connectivity index (χ3n) is 0.815. The minimum atomic E-state index is -3.75. The molecule has 1 atom stereocenters. The van der Waals surface area contributed by atoms with E-state index in [9.17, 15) is 4.57 Å². The van der Waals surface area contributed by atoms with Gasteiger partial charge >= 0.3 is 7.75 Å². The number of nitrogens with zero attached hydrogens (tertiary/aromatic N) is 1. The van der Waals surface area contributed by atoms with Crippen LogP contribution in [0.4, 0.5) is 0 Å². The van der Waals surface area contributed by atoms with Crippen molar-refractivity contribution in [2.75, 3.05) is 27.2 Å². The zero-order valence-electron chi connectivity index (χ0n) is 6.15. The minimum Gasteiger partial charge on any atom is -0.313 e. The summed E-state index contributed by atoms with van der Waals surface area (Å²) in [7, 11) is -0.0776. The Morgan fingerprint density at radius 2 is 2.20 bits per heavy atom. The highest BCUT2D eigenvalue weighted by molar-refractivity contribution is 7.50. The molecule has 3 N–H and O–H groups in total. The van der Waals surface area contributed by atoms with Crippen LogP contribution < -0.4 is 5.50 Å². The van der Waals surface area contributed by atoms with Crippen molar-refractivity contribution in [1.29, 1.82) is 0 Å². The van der Waals surface area contributed by atoms with E-state index >= 15 is 0 Å². The van der Waals surface area contributed by atoms with Crippen LogP contribution >= 0.6 is 7.75 Å². The molecule has 0 aromatic rings. The van der Waals surface area contributed by atoms with Crippen molar-refractivity contribution in [3.63, 3.8) is 0 Å². The third-order valence-corrected chi connectivity index (χ3v) is 1.37. The maximum Gasteiger partial charge on any atom is 0.400 e. The molecule has 0 amide bonds. The van der Waals surface area contributed by atoms with Gasteiger partial charge in [-0.25, -0.2) is 10.1 Å². The summed E-state index contributed by atoms with van der Waals surface area (Å²) in [4.78, 5) is 10.3. The van der Waals surface area contributed by atoms with Crippen LogP contribution in [0.15, 0.2) is 0 Å². The standard InChI is InChI=1S/C4H13N2O3P/c1-6(2)3-4-9-10(5,7)8/h3-4H2,1-2H3,(H3,5,7,8). The molecule has 5 nitrogen and oxygen atoms in total. The van der Waals surface area contributed by atoms with E-state index in [2.05, 4.69) is 4.52 Å². The lowest BCUT2D eigenvalue weighted by atomic mass is 10.6. The average molecular weight is 168 g/mol. The first kappa shape index (κ1) is 10.1. The molecule has 0 fully saturated rings. The van der Waals surface area contributed by atoms with Crippen LogP contribution in [0.3, 0.4) is 0 Å². The molecule has 10 heavy (non-hydrogen) atoms. The molecule has 0 radical (unpaired) electrons. The SMILES string of the molecule is CN(C)CCOP(N)(=O)O. The van der Waals surface area contributed by atoms with Gasteiger partial charge in [-0.05, 0) is 14.1 Å². The highest BCUT2D eigenvalue weighted by atomic mass is 31.2. The second-order valence-electron chi connectivity index (χ2n) is 2.20. The van der Waals surface area contributed by atoms with E-state index in [0.717, 1.165) is 0 Å². The van der Waals surface area contributed by atoms with Crippen LogP contribution in [0.1, 0.15) is 0 Å². The highest BCUT2D eigenvalue weighted by Crippen LogP contribution is 2.30. The fraction of sp³-hybridized carbons (Fsp3) is 1.00.